The van der Waals surface area contributed by atoms with Crippen LogP contribution in [0.1, 0.15) is 26.7 Å². The summed E-state index contributed by atoms with van der Waals surface area (Å²) < 4.78 is 0.156. The van der Waals surface area contributed by atoms with Crippen molar-refractivity contribution in [2.24, 2.45) is 17.2 Å². The van der Waals surface area contributed by atoms with Gasteiger partial charge in [0.25, 0.3) is 0 Å². The minimum absolute atomic E-state index is 0.156. The second kappa shape index (κ2) is 2.09. The molecule has 3 fully saturated rings. The molecular formula is C9H17N2O+. The third kappa shape index (κ3) is 0.756. The second-order valence-corrected chi connectivity index (χ2v) is 4.88. The van der Waals surface area contributed by atoms with E-state index in [4.69, 9.17) is 5.84 Å². The average molecular weight is 169 g/mol. The number of carbonyl (C=O) groups is 1. The summed E-state index contributed by atoms with van der Waals surface area (Å²) in [6, 6.07) is 0.369. The van der Waals surface area contributed by atoms with Gasteiger partial charge in [-0.05, 0) is 5.92 Å². The molecule has 1 saturated carbocycles. The van der Waals surface area contributed by atoms with Gasteiger partial charge >= 0.3 is 6.41 Å². The summed E-state index contributed by atoms with van der Waals surface area (Å²) in [6.45, 7) is 5.30. The monoisotopic (exact) mass is 169 g/mol. The van der Waals surface area contributed by atoms with E-state index in [0.29, 0.717) is 6.04 Å². The molecule has 1 amide bonds. The predicted octanol–water partition coefficient (Wildman–Crippen LogP) is 0.652. The molecule has 2 heterocycles. The molecule has 0 aromatic rings. The number of amides is 1. The van der Waals surface area contributed by atoms with E-state index in [1.54, 1.807) is 0 Å². The van der Waals surface area contributed by atoms with Gasteiger partial charge in [-0.3, -0.25) is 0 Å². The first kappa shape index (κ1) is 8.20. The first-order valence-corrected chi connectivity index (χ1v) is 4.63. The Morgan fingerprint density at radius 1 is 1.58 bits per heavy atom. The van der Waals surface area contributed by atoms with E-state index in [9.17, 15) is 4.79 Å². The van der Waals surface area contributed by atoms with Crippen LogP contribution in [0.2, 0.25) is 0 Å². The van der Waals surface area contributed by atoms with Crippen LogP contribution >= 0.6 is 0 Å². The molecule has 2 saturated heterocycles. The lowest BCUT2D eigenvalue weighted by Crippen LogP contribution is -2.75. The Labute approximate surface area is 73.1 Å². The molecule has 3 nitrogen and oxygen atoms in total. The topological polar surface area (TPSA) is 43.1 Å². The van der Waals surface area contributed by atoms with E-state index < -0.39 is 0 Å². The standard InChI is InChI=1S/C9H17N2O/c1-9(2)7-3-4-11(10,6-12)8(9)5-7/h6-8H,3-5,10H2,1-2H3/q+1. The highest BCUT2D eigenvalue weighted by Crippen LogP contribution is 2.55. The first-order chi connectivity index (χ1) is 5.50. The predicted molar refractivity (Wildman–Crippen MR) is 45.7 cm³/mol. The van der Waals surface area contributed by atoms with E-state index in [2.05, 4.69) is 13.8 Å². The zero-order valence-electron chi connectivity index (χ0n) is 7.79. The third-order valence-electron chi connectivity index (χ3n) is 4.06. The lowest BCUT2D eigenvalue weighted by Gasteiger charge is -2.60. The van der Waals surface area contributed by atoms with Crippen LogP contribution in [0.3, 0.4) is 0 Å². The molecule has 12 heavy (non-hydrogen) atoms. The van der Waals surface area contributed by atoms with Gasteiger partial charge < -0.3 is 0 Å². The number of quaternary nitrogens is 1. The molecule has 0 radical (unpaired) electrons. The van der Waals surface area contributed by atoms with Gasteiger partial charge in [0.05, 0.1) is 0 Å². The number of piperidine rings is 2. The minimum atomic E-state index is 0.156. The number of nitrogens with zero attached hydrogens (tertiary/aromatic N) is 1. The van der Waals surface area contributed by atoms with Crippen molar-refractivity contribution in [1.82, 2.24) is 0 Å². The molecule has 2 bridgehead atoms. The van der Waals surface area contributed by atoms with Crippen molar-refractivity contribution in [2.75, 3.05) is 6.54 Å². The summed E-state index contributed by atoms with van der Waals surface area (Å²) in [4.78, 5) is 10.9. The average Bonchev–Trinajstić information content (AvgIpc) is 2.04. The molecule has 3 rings (SSSR count). The fourth-order valence-corrected chi connectivity index (χ4v) is 2.96. The molecule has 3 heteroatoms. The first-order valence-electron chi connectivity index (χ1n) is 4.63. The van der Waals surface area contributed by atoms with Gasteiger partial charge in [-0.15, -0.1) is 0 Å². The summed E-state index contributed by atoms with van der Waals surface area (Å²) in [5.41, 5.74) is 0.286. The Hall–Kier alpha value is -0.410. The van der Waals surface area contributed by atoms with Crippen LogP contribution in [0.5, 0.6) is 0 Å². The normalized spacial score (nSPS) is 49.6. The van der Waals surface area contributed by atoms with Crippen molar-refractivity contribution in [3.63, 3.8) is 0 Å². The summed E-state index contributed by atoms with van der Waals surface area (Å²) >= 11 is 0. The number of hydrogen-bond donors (Lipinski definition) is 1. The van der Waals surface area contributed by atoms with Crippen molar-refractivity contribution in [2.45, 2.75) is 32.7 Å². The van der Waals surface area contributed by atoms with Crippen molar-refractivity contribution in [1.29, 1.82) is 0 Å². The number of rotatable bonds is 1. The molecule has 3 unspecified atom stereocenters. The van der Waals surface area contributed by atoms with Gasteiger partial charge in [-0.25, -0.2) is 4.79 Å². The van der Waals surface area contributed by atoms with Gasteiger partial charge in [0.15, 0.2) is 0 Å². The Bertz CT molecular complexity index is 225. The van der Waals surface area contributed by atoms with E-state index in [1.807, 2.05) is 0 Å². The van der Waals surface area contributed by atoms with E-state index in [1.165, 1.54) is 0 Å². The number of hydrogen-bond acceptors (Lipinski definition) is 2. The van der Waals surface area contributed by atoms with E-state index in [-0.39, 0.29) is 10.0 Å². The molecule has 0 aromatic carbocycles. The lowest BCUT2D eigenvalue weighted by molar-refractivity contribution is -0.912. The minimum Gasteiger partial charge on any atom is -0.232 e. The Balaban J connectivity index is 2.27. The van der Waals surface area contributed by atoms with E-state index >= 15 is 0 Å². The fraction of sp³-hybridized carbons (Fsp3) is 0.889. The van der Waals surface area contributed by atoms with E-state index in [0.717, 1.165) is 31.7 Å². The zero-order valence-corrected chi connectivity index (χ0v) is 7.79. The second-order valence-electron chi connectivity index (χ2n) is 4.88. The molecule has 0 aromatic heterocycles. The van der Waals surface area contributed by atoms with Crippen molar-refractivity contribution < 1.29 is 9.39 Å². The highest BCUT2D eigenvalue weighted by molar-refractivity contribution is 5.38. The Morgan fingerprint density at radius 2 is 2.25 bits per heavy atom. The highest BCUT2D eigenvalue weighted by Gasteiger charge is 2.62. The van der Waals surface area contributed by atoms with Crippen molar-refractivity contribution >= 4 is 6.41 Å². The molecule has 68 valence electrons. The van der Waals surface area contributed by atoms with Crippen LogP contribution in [0.4, 0.5) is 0 Å². The van der Waals surface area contributed by atoms with Gasteiger partial charge in [0, 0.05) is 18.3 Å². The fourth-order valence-electron chi connectivity index (χ4n) is 2.96. The molecule has 3 atom stereocenters. The zero-order chi connectivity index (χ0) is 8.98. The summed E-state index contributed by atoms with van der Waals surface area (Å²) in [6.07, 6.45) is 3.17. The SMILES string of the molecule is CC1(C)C2CC[N+](N)(C=O)C1C2. The smallest absolute Gasteiger partial charge is 0.232 e. The van der Waals surface area contributed by atoms with Crippen LogP contribution in [0.25, 0.3) is 0 Å². The summed E-state index contributed by atoms with van der Waals surface area (Å²) in [5, 5.41) is 0. The van der Waals surface area contributed by atoms with Gasteiger partial charge in [0.2, 0.25) is 0 Å². The highest BCUT2D eigenvalue weighted by atomic mass is 16.2. The summed E-state index contributed by atoms with van der Waals surface area (Å²) in [7, 11) is 0. The molecule has 1 aliphatic carbocycles. The van der Waals surface area contributed by atoms with Crippen LogP contribution in [0, 0.1) is 11.3 Å². The number of nitrogens with two attached hydrogens (primary N) is 1. The molecule has 2 aliphatic heterocycles. The van der Waals surface area contributed by atoms with Gasteiger partial charge in [0.1, 0.15) is 12.6 Å². The maximum atomic E-state index is 10.9. The van der Waals surface area contributed by atoms with Crippen molar-refractivity contribution in [3.05, 3.63) is 0 Å². The van der Waals surface area contributed by atoms with Crippen LogP contribution in [-0.4, -0.2) is 23.6 Å². The Kier molecular flexibility index (Phi) is 1.43. The van der Waals surface area contributed by atoms with Gasteiger partial charge in [-0.1, -0.05) is 13.8 Å². The van der Waals surface area contributed by atoms with Crippen LogP contribution in [0.15, 0.2) is 0 Å². The molecule has 3 aliphatic rings. The number of carbonyl (C=O) groups excluding carboxylic acids is 1. The summed E-state index contributed by atoms with van der Waals surface area (Å²) in [5.74, 6) is 6.79. The lowest BCUT2D eigenvalue weighted by atomic mass is 9.54. The van der Waals surface area contributed by atoms with Gasteiger partial charge in [-0.2, -0.15) is 10.4 Å². The van der Waals surface area contributed by atoms with Crippen molar-refractivity contribution in [3.8, 4) is 0 Å². The van der Waals surface area contributed by atoms with Crippen LogP contribution in [-0.2, 0) is 4.79 Å². The largest absolute Gasteiger partial charge is 0.320 e. The third-order valence-corrected chi connectivity index (χ3v) is 4.06. The molecular weight excluding hydrogens is 152 g/mol. The Morgan fingerprint density at radius 3 is 2.58 bits per heavy atom. The van der Waals surface area contributed by atoms with Crippen LogP contribution < -0.4 is 5.84 Å². The molecule has 0 spiro atoms. The molecule has 2 N–H and O–H groups in total. The number of fused-ring (bicyclic) bond motifs is 2. The maximum absolute atomic E-state index is 10.9. The quantitative estimate of drug-likeness (QED) is 0.271. The maximum Gasteiger partial charge on any atom is 0.320 e.